The highest BCUT2D eigenvalue weighted by Crippen LogP contribution is 2.32. The number of halogens is 2. The standard InChI is InChI=1S/C12H11F2NS/c1-7(15)11-4-5-12(16-11)9-6-8(13)2-3-10(9)14/h2-7H,15H2,1H3. The van der Waals surface area contributed by atoms with Crippen LogP contribution in [0.4, 0.5) is 8.78 Å². The summed E-state index contributed by atoms with van der Waals surface area (Å²) in [6, 6.07) is 6.97. The third kappa shape index (κ3) is 2.13. The molecule has 1 nitrogen and oxygen atoms in total. The van der Waals surface area contributed by atoms with Crippen LogP contribution >= 0.6 is 11.3 Å². The van der Waals surface area contributed by atoms with Crippen molar-refractivity contribution in [3.8, 4) is 10.4 Å². The molecule has 2 rings (SSSR count). The zero-order chi connectivity index (χ0) is 11.7. The van der Waals surface area contributed by atoms with E-state index in [1.807, 2.05) is 13.0 Å². The second kappa shape index (κ2) is 4.31. The highest BCUT2D eigenvalue weighted by atomic mass is 32.1. The van der Waals surface area contributed by atoms with Crippen LogP contribution in [0, 0.1) is 11.6 Å². The Morgan fingerprint density at radius 1 is 1.19 bits per heavy atom. The van der Waals surface area contributed by atoms with E-state index in [4.69, 9.17) is 5.73 Å². The van der Waals surface area contributed by atoms with Crippen molar-refractivity contribution in [2.75, 3.05) is 0 Å². The van der Waals surface area contributed by atoms with Crippen LogP contribution in [0.5, 0.6) is 0 Å². The summed E-state index contributed by atoms with van der Waals surface area (Å²) < 4.78 is 26.5. The summed E-state index contributed by atoms with van der Waals surface area (Å²) in [6.07, 6.45) is 0. The fraction of sp³-hybridized carbons (Fsp3) is 0.167. The number of nitrogens with two attached hydrogens (primary N) is 1. The van der Waals surface area contributed by atoms with Crippen LogP contribution in [0.2, 0.25) is 0 Å². The van der Waals surface area contributed by atoms with Gasteiger partial charge < -0.3 is 5.73 Å². The van der Waals surface area contributed by atoms with Gasteiger partial charge in [0.1, 0.15) is 11.6 Å². The Labute approximate surface area is 96.5 Å². The lowest BCUT2D eigenvalue weighted by Crippen LogP contribution is -2.01. The van der Waals surface area contributed by atoms with Gasteiger partial charge in [-0.15, -0.1) is 11.3 Å². The number of benzene rings is 1. The molecule has 1 unspecified atom stereocenters. The highest BCUT2D eigenvalue weighted by molar-refractivity contribution is 7.15. The molecule has 0 spiro atoms. The normalized spacial score (nSPS) is 12.8. The third-order valence-corrected chi connectivity index (χ3v) is 3.59. The number of rotatable bonds is 2. The maximum Gasteiger partial charge on any atom is 0.132 e. The van der Waals surface area contributed by atoms with Crippen molar-refractivity contribution in [3.05, 3.63) is 46.8 Å². The van der Waals surface area contributed by atoms with E-state index < -0.39 is 11.6 Å². The maximum absolute atomic E-state index is 13.5. The second-order valence-corrected chi connectivity index (χ2v) is 4.73. The zero-order valence-corrected chi connectivity index (χ0v) is 9.52. The van der Waals surface area contributed by atoms with E-state index in [9.17, 15) is 8.78 Å². The maximum atomic E-state index is 13.5. The lowest BCUT2D eigenvalue weighted by molar-refractivity contribution is 0.603. The van der Waals surface area contributed by atoms with Crippen molar-refractivity contribution < 1.29 is 8.78 Å². The molecule has 0 amide bonds. The molecule has 84 valence electrons. The predicted molar refractivity (Wildman–Crippen MR) is 62.3 cm³/mol. The minimum absolute atomic E-state index is 0.0876. The van der Waals surface area contributed by atoms with Gasteiger partial charge in [0.25, 0.3) is 0 Å². The quantitative estimate of drug-likeness (QED) is 0.849. The summed E-state index contributed by atoms with van der Waals surface area (Å²) in [7, 11) is 0. The Morgan fingerprint density at radius 2 is 1.94 bits per heavy atom. The van der Waals surface area contributed by atoms with Crippen LogP contribution in [0.1, 0.15) is 17.8 Å². The van der Waals surface area contributed by atoms with E-state index in [-0.39, 0.29) is 11.6 Å². The molecule has 1 atom stereocenters. The molecular weight excluding hydrogens is 228 g/mol. The Kier molecular flexibility index (Phi) is 3.03. The van der Waals surface area contributed by atoms with Crippen molar-refractivity contribution in [2.24, 2.45) is 5.73 Å². The first-order valence-corrected chi connectivity index (χ1v) is 5.70. The molecule has 0 saturated heterocycles. The van der Waals surface area contributed by atoms with Gasteiger partial charge in [-0.05, 0) is 37.3 Å². The molecule has 1 aromatic heterocycles. The third-order valence-electron chi connectivity index (χ3n) is 2.27. The van der Waals surface area contributed by atoms with E-state index in [1.54, 1.807) is 6.07 Å². The number of thiophene rings is 1. The average molecular weight is 239 g/mol. The van der Waals surface area contributed by atoms with Crippen molar-refractivity contribution in [3.63, 3.8) is 0 Å². The van der Waals surface area contributed by atoms with Crippen LogP contribution in [0.3, 0.4) is 0 Å². The summed E-state index contributed by atoms with van der Waals surface area (Å²) >= 11 is 1.39. The first kappa shape index (κ1) is 11.2. The van der Waals surface area contributed by atoms with Gasteiger partial charge >= 0.3 is 0 Å². The van der Waals surface area contributed by atoms with Gasteiger partial charge in [0.15, 0.2) is 0 Å². The topological polar surface area (TPSA) is 26.0 Å². The molecule has 0 aliphatic rings. The molecule has 0 aliphatic carbocycles. The van der Waals surface area contributed by atoms with Gasteiger partial charge in [0, 0.05) is 21.4 Å². The van der Waals surface area contributed by atoms with Crippen molar-refractivity contribution >= 4 is 11.3 Å². The zero-order valence-electron chi connectivity index (χ0n) is 8.71. The van der Waals surface area contributed by atoms with Crippen LogP contribution in [-0.2, 0) is 0 Å². The van der Waals surface area contributed by atoms with Gasteiger partial charge in [-0.1, -0.05) is 0 Å². The Balaban J connectivity index is 2.46. The van der Waals surface area contributed by atoms with Gasteiger partial charge in [-0.3, -0.25) is 0 Å². The highest BCUT2D eigenvalue weighted by Gasteiger charge is 2.10. The van der Waals surface area contributed by atoms with Crippen molar-refractivity contribution in [1.82, 2.24) is 0 Å². The Bertz CT molecular complexity index is 505. The molecule has 0 radical (unpaired) electrons. The number of hydrogen-bond acceptors (Lipinski definition) is 2. The van der Waals surface area contributed by atoms with Gasteiger partial charge in [-0.2, -0.15) is 0 Å². The largest absolute Gasteiger partial charge is 0.324 e. The lowest BCUT2D eigenvalue weighted by Gasteiger charge is -2.01. The minimum Gasteiger partial charge on any atom is -0.324 e. The van der Waals surface area contributed by atoms with Gasteiger partial charge in [-0.25, -0.2) is 8.78 Å². The van der Waals surface area contributed by atoms with E-state index in [0.717, 1.165) is 17.0 Å². The summed E-state index contributed by atoms with van der Waals surface area (Å²) in [4.78, 5) is 1.66. The van der Waals surface area contributed by atoms with E-state index >= 15 is 0 Å². The molecular formula is C12H11F2NS. The predicted octanol–water partition coefficient (Wildman–Crippen LogP) is 3.71. The first-order valence-electron chi connectivity index (χ1n) is 4.88. The average Bonchev–Trinajstić information content (AvgIpc) is 2.70. The second-order valence-electron chi connectivity index (χ2n) is 3.61. The van der Waals surface area contributed by atoms with Gasteiger partial charge in [0.05, 0.1) is 0 Å². The fourth-order valence-electron chi connectivity index (χ4n) is 1.43. The molecule has 0 aliphatic heterocycles. The van der Waals surface area contributed by atoms with E-state index in [2.05, 4.69) is 0 Å². The van der Waals surface area contributed by atoms with Crippen molar-refractivity contribution in [2.45, 2.75) is 13.0 Å². The van der Waals surface area contributed by atoms with Crippen LogP contribution in [-0.4, -0.2) is 0 Å². The monoisotopic (exact) mass is 239 g/mol. The molecule has 1 aromatic carbocycles. The summed E-state index contributed by atoms with van der Waals surface area (Å²) in [5.74, 6) is -0.855. The summed E-state index contributed by atoms with van der Waals surface area (Å²) in [5.41, 5.74) is 6.00. The molecule has 0 bridgehead atoms. The van der Waals surface area contributed by atoms with Crippen LogP contribution < -0.4 is 5.73 Å². The minimum atomic E-state index is -0.438. The van der Waals surface area contributed by atoms with E-state index in [0.29, 0.717) is 4.88 Å². The smallest absolute Gasteiger partial charge is 0.132 e. The van der Waals surface area contributed by atoms with Crippen molar-refractivity contribution in [1.29, 1.82) is 0 Å². The summed E-state index contributed by atoms with van der Waals surface area (Å²) in [5, 5.41) is 0. The van der Waals surface area contributed by atoms with Crippen LogP contribution in [0.15, 0.2) is 30.3 Å². The SMILES string of the molecule is CC(N)c1ccc(-c2cc(F)ccc2F)s1. The molecule has 1 heterocycles. The molecule has 2 N–H and O–H groups in total. The van der Waals surface area contributed by atoms with Crippen LogP contribution in [0.25, 0.3) is 10.4 Å². The molecule has 4 heteroatoms. The van der Waals surface area contributed by atoms with Gasteiger partial charge in [0.2, 0.25) is 0 Å². The molecule has 2 aromatic rings. The van der Waals surface area contributed by atoms with E-state index in [1.165, 1.54) is 17.4 Å². The Morgan fingerprint density at radius 3 is 2.56 bits per heavy atom. The molecule has 0 fully saturated rings. The number of hydrogen-bond donors (Lipinski definition) is 1. The first-order chi connectivity index (χ1) is 7.58. The molecule has 16 heavy (non-hydrogen) atoms. The summed E-state index contributed by atoms with van der Waals surface area (Å²) in [6.45, 7) is 1.86. The lowest BCUT2D eigenvalue weighted by atomic mass is 10.1. The fourth-order valence-corrected chi connectivity index (χ4v) is 2.41. The molecule has 0 saturated carbocycles. The Hall–Kier alpha value is -1.26.